The van der Waals surface area contributed by atoms with Crippen molar-refractivity contribution < 1.29 is 17.9 Å². The molecular formula is C20H14F3N3O2S. The van der Waals surface area contributed by atoms with Crippen molar-refractivity contribution in [3.05, 3.63) is 75.6 Å². The molecule has 0 unspecified atom stereocenters. The summed E-state index contributed by atoms with van der Waals surface area (Å²) in [7, 11) is 0. The highest BCUT2D eigenvalue weighted by Gasteiger charge is 2.30. The Labute approximate surface area is 168 Å². The average Bonchev–Trinajstić information content (AvgIpc) is 2.71. The highest BCUT2D eigenvalue weighted by atomic mass is 32.2. The Bertz CT molecular complexity index is 1140. The summed E-state index contributed by atoms with van der Waals surface area (Å²) < 4.78 is 44.1. The van der Waals surface area contributed by atoms with Crippen LogP contribution in [0.25, 0.3) is 11.3 Å². The standard InChI is InChI=1S/C20H14F3N3O2S/c1-29-19-25-17(16(10-24)18(27)26-19)13-5-3-7-15(9-13)28-11-12-4-2-6-14(8-12)20(21,22)23/h2-9H,11H2,1H3,(H,25,26,27). The fourth-order valence-corrected chi connectivity index (χ4v) is 2.98. The summed E-state index contributed by atoms with van der Waals surface area (Å²) in [5, 5.41) is 9.66. The van der Waals surface area contributed by atoms with Crippen LogP contribution in [0.5, 0.6) is 5.75 Å². The van der Waals surface area contributed by atoms with Gasteiger partial charge in [-0.15, -0.1) is 0 Å². The van der Waals surface area contributed by atoms with Crippen molar-refractivity contribution in [1.29, 1.82) is 5.26 Å². The predicted octanol–water partition coefficient (Wildman–Crippen LogP) is 4.63. The number of H-pyrrole nitrogens is 1. The summed E-state index contributed by atoms with van der Waals surface area (Å²) in [6.45, 7) is -0.0721. The number of nitrogens with one attached hydrogen (secondary N) is 1. The normalized spacial score (nSPS) is 11.1. The highest BCUT2D eigenvalue weighted by molar-refractivity contribution is 7.98. The number of thioether (sulfide) groups is 1. The van der Waals surface area contributed by atoms with Gasteiger partial charge >= 0.3 is 6.18 Å². The van der Waals surface area contributed by atoms with Crippen molar-refractivity contribution in [1.82, 2.24) is 9.97 Å². The Morgan fingerprint density at radius 1 is 1.21 bits per heavy atom. The molecule has 0 spiro atoms. The van der Waals surface area contributed by atoms with Gasteiger partial charge in [0.15, 0.2) is 5.16 Å². The van der Waals surface area contributed by atoms with Crippen LogP contribution in [-0.2, 0) is 12.8 Å². The van der Waals surface area contributed by atoms with Gasteiger partial charge in [-0.3, -0.25) is 4.79 Å². The molecule has 9 heteroatoms. The molecule has 2 aromatic carbocycles. The Balaban J connectivity index is 1.88. The average molecular weight is 417 g/mol. The van der Waals surface area contributed by atoms with Crippen molar-refractivity contribution in [3.8, 4) is 23.1 Å². The van der Waals surface area contributed by atoms with Crippen molar-refractivity contribution in [3.63, 3.8) is 0 Å². The van der Waals surface area contributed by atoms with E-state index in [4.69, 9.17) is 4.74 Å². The maximum absolute atomic E-state index is 12.8. The van der Waals surface area contributed by atoms with Gasteiger partial charge in [0.2, 0.25) is 0 Å². The lowest BCUT2D eigenvalue weighted by Gasteiger charge is -2.11. The third kappa shape index (κ3) is 4.78. The van der Waals surface area contributed by atoms with Gasteiger partial charge in [0.05, 0.1) is 11.3 Å². The van der Waals surface area contributed by atoms with Crippen molar-refractivity contribution in [2.45, 2.75) is 17.9 Å². The Kier molecular flexibility index (Phi) is 5.94. The summed E-state index contributed by atoms with van der Waals surface area (Å²) in [6.07, 6.45) is -2.69. The van der Waals surface area contributed by atoms with Crippen molar-refractivity contribution in [2.24, 2.45) is 0 Å². The quantitative estimate of drug-likeness (QED) is 0.484. The largest absolute Gasteiger partial charge is 0.489 e. The number of nitrogens with zero attached hydrogens (tertiary/aromatic N) is 2. The van der Waals surface area contributed by atoms with Crippen LogP contribution in [0.4, 0.5) is 13.2 Å². The smallest absolute Gasteiger partial charge is 0.416 e. The van der Waals surface area contributed by atoms with Crippen LogP contribution in [0.15, 0.2) is 58.5 Å². The summed E-state index contributed by atoms with van der Waals surface area (Å²) in [6, 6.07) is 13.3. The second-order valence-electron chi connectivity index (χ2n) is 5.93. The van der Waals surface area contributed by atoms with Crippen molar-refractivity contribution in [2.75, 3.05) is 6.26 Å². The number of benzene rings is 2. The monoisotopic (exact) mass is 417 g/mol. The number of aromatic nitrogens is 2. The van der Waals surface area contributed by atoms with Crippen LogP contribution in [0, 0.1) is 11.3 Å². The number of rotatable bonds is 5. The van der Waals surface area contributed by atoms with Gasteiger partial charge in [-0.1, -0.05) is 36.0 Å². The lowest BCUT2D eigenvalue weighted by atomic mass is 10.1. The van der Waals surface area contributed by atoms with E-state index in [0.717, 1.165) is 12.1 Å². The van der Waals surface area contributed by atoms with E-state index in [0.29, 0.717) is 22.0 Å². The molecule has 0 amide bonds. The van der Waals surface area contributed by atoms with Crippen LogP contribution < -0.4 is 10.3 Å². The molecule has 5 nitrogen and oxygen atoms in total. The number of halogens is 3. The fraction of sp³-hybridized carbons (Fsp3) is 0.150. The van der Waals surface area contributed by atoms with Crippen LogP contribution >= 0.6 is 11.8 Å². The first-order valence-electron chi connectivity index (χ1n) is 8.29. The maximum atomic E-state index is 12.8. The first-order valence-corrected chi connectivity index (χ1v) is 9.52. The zero-order valence-corrected chi connectivity index (χ0v) is 15.9. The zero-order chi connectivity index (χ0) is 21.0. The van der Waals surface area contributed by atoms with E-state index in [2.05, 4.69) is 9.97 Å². The number of alkyl halides is 3. The predicted molar refractivity (Wildman–Crippen MR) is 103 cm³/mol. The number of hydrogen-bond acceptors (Lipinski definition) is 5. The molecule has 148 valence electrons. The van der Waals surface area contributed by atoms with E-state index in [1.807, 2.05) is 6.07 Å². The first kappa shape index (κ1) is 20.5. The van der Waals surface area contributed by atoms with E-state index in [-0.39, 0.29) is 17.9 Å². The van der Waals surface area contributed by atoms with E-state index in [1.165, 1.54) is 23.9 Å². The van der Waals surface area contributed by atoms with E-state index >= 15 is 0 Å². The Morgan fingerprint density at radius 2 is 1.97 bits per heavy atom. The van der Waals surface area contributed by atoms with Crippen molar-refractivity contribution >= 4 is 11.8 Å². The first-order chi connectivity index (χ1) is 13.8. The Hall–Kier alpha value is -3.25. The molecule has 0 radical (unpaired) electrons. The molecule has 1 aromatic heterocycles. The molecule has 0 aliphatic heterocycles. The molecular weight excluding hydrogens is 403 g/mol. The van der Waals surface area contributed by atoms with Gasteiger partial charge < -0.3 is 9.72 Å². The topological polar surface area (TPSA) is 78.8 Å². The summed E-state index contributed by atoms with van der Waals surface area (Å²) in [5.74, 6) is 0.372. The SMILES string of the molecule is CSc1nc(-c2cccc(OCc3cccc(C(F)(F)F)c3)c2)c(C#N)c(=O)[nH]1. The van der Waals surface area contributed by atoms with Gasteiger partial charge in [-0.25, -0.2) is 4.98 Å². The molecule has 0 atom stereocenters. The zero-order valence-electron chi connectivity index (χ0n) is 15.1. The third-order valence-electron chi connectivity index (χ3n) is 3.97. The summed E-state index contributed by atoms with van der Waals surface area (Å²) in [5.41, 5.74) is -0.352. The third-order valence-corrected chi connectivity index (χ3v) is 4.55. The van der Waals surface area contributed by atoms with E-state index < -0.39 is 17.3 Å². The van der Waals surface area contributed by atoms with Gasteiger partial charge in [-0.05, 0) is 36.1 Å². The minimum atomic E-state index is -4.43. The van der Waals surface area contributed by atoms with Crippen LogP contribution in [-0.4, -0.2) is 16.2 Å². The lowest BCUT2D eigenvalue weighted by Crippen LogP contribution is -2.14. The van der Waals surface area contributed by atoms with Gasteiger partial charge in [0.1, 0.15) is 24.0 Å². The van der Waals surface area contributed by atoms with Gasteiger partial charge in [0, 0.05) is 5.56 Å². The molecule has 0 aliphatic carbocycles. The number of nitriles is 1. The van der Waals surface area contributed by atoms with Crippen LogP contribution in [0.3, 0.4) is 0 Å². The summed E-state index contributed by atoms with van der Waals surface area (Å²) >= 11 is 1.23. The molecule has 0 fully saturated rings. The van der Waals surface area contributed by atoms with E-state index in [9.17, 15) is 23.2 Å². The minimum Gasteiger partial charge on any atom is -0.489 e. The second kappa shape index (κ2) is 8.41. The summed E-state index contributed by atoms with van der Waals surface area (Å²) in [4.78, 5) is 18.9. The van der Waals surface area contributed by atoms with Gasteiger partial charge in [0.25, 0.3) is 5.56 Å². The molecule has 3 rings (SSSR count). The number of aromatic amines is 1. The minimum absolute atomic E-state index is 0.0721. The number of ether oxygens (including phenoxy) is 1. The van der Waals surface area contributed by atoms with Gasteiger partial charge in [-0.2, -0.15) is 18.4 Å². The van der Waals surface area contributed by atoms with Crippen LogP contribution in [0.1, 0.15) is 16.7 Å². The number of hydrogen-bond donors (Lipinski definition) is 1. The maximum Gasteiger partial charge on any atom is 0.416 e. The fourth-order valence-electron chi connectivity index (χ4n) is 2.60. The second-order valence-corrected chi connectivity index (χ2v) is 6.72. The van der Waals surface area contributed by atoms with Crippen LogP contribution in [0.2, 0.25) is 0 Å². The molecule has 0 aliphatic rings. The molecule has 0 bridgehead atoms. The molecule has 29 heavy (non-hydrogen) atoms. The lowest BCUT2D eigenvalue weighted by molar-refractivity contribution is -0.137. The molecule has 1 N–H and O–H groups in total. The highest BCUT2D eigenvalue weighted by Crippen LogP contribution is 2.30. The molecule has 3 aromatic rings. The van der Waals surface area contributed by atoms with E-state index in [1.54, 1.807) is 30.5 Å². The molecule has 1 heterocycles. The molecule has 0 saturated heterocycles. The Morgan fingerprint density at radius 3 is 2.66 bits per heavy atom. The molecule has 0 saturated carbocycles.